The van der Waals surface area contributed by atoms with Gasteiger partial charge in [-0.05, 0) is 86.2 Å². The summed E-state index contributed by atoms with van der Waals surface area (Å²) in [7, 11) is 0. The number of carboxylic acids is 1. The van der Waals surface area contributed by atoms with Crippen LogP contribution >= 0.6 is 12.2 Å². The van der Waals surface area contributed by atoms with Crippen LogP contribution in [0, 0.1) is 13.8 Å². The van der Waals surface area contributed by atoms with Crippen LogP contribution in [0.15, 0.2) is 72.9 Å². The first-order chi connectivity index (χ1) is 17.9. The van der Waals surface area contributed by atoms with Crippen LogP contribution in [-0.4, -0.2) is 32.5 Å². The lowest BCUT2D eigenvalue weighted by molar-refractivity contribution is 0.0697. The summed E-state index contributed by atoms with van der Waals surface area (Å²) >= 11 is 5.87. The van der Waals surface area contributed by atoms with Gasteiger partial charge in [-0.15, -0.1) is 0 Å². The Hall–Kier alpha value is -4.37. The van der Waals surface area contributed by atoms with Gasteiger partial charge in [0.25, 0.3) is 0 Å². The fourth-order valence-electron chi connectivity index (χ4n) is 5.22. The summed E-state index contributed by atoms with van der Waals surface area (Å²) in [5.74, 6) is 0.447. The summed E-state index contributed by atoms with van der Waals surface area (Å²) in [4.78, 5) is 18.1. The van der Waals surface area contributed by atoms with E-state index in [-0.39, 0.29) is 24.4 Å². The minimum atomic E-state index is -0.948. The highest BCUT2D eigenvalue weighted by Gasteiger charge is 2.42. The van der Waals surface area contributed by atoms with E-state index in [0.29, 0.717) is 16.6 Å². The standard InChI is InChI=1S/C28H24N4O4S/c1-16-13-21(17(2)31(16)19-8-6-18(7-9-19)27(33)34)26-25(22-5-3-4-12-29-22)30-28(37)32(26)20-10-11-23-24(14-20)36-15-35-23/h3-14,25-26H,15H2,1-2H3,(H,30,37)(H,33,34)/t25-,26+/m0/s1. The van der Waals surface area contributed by atoms with Crippen molar-refractivity contribution in [1.82, 2.24) is 14.9 Å². The highest BCUT2D eigenvalue weighted by Crippen LogP contribution is 2.46. The number of thiocarbonyl (C=S) groups is 1. The maximum Gasteiger partial charge on any atom is 0.335 e. The lowest BCUT2D eigenvalue weighted by Gasteiger charge is -2.28. The van der Waals surface area contributed by atoms with Crippen LogP contribution in [-0.2, 0) is 0 Å². The second kappa shape index (κ2) is 8.94. The Kier molecular flexibility index (Phi) is 5.57. The number of hydrogen-bond acceptors (Lipinski definition) is 5. The Bertz CT molecular complexity index is 1520. The fraction of sp³-hybridized carbons (Fsp3) is 0.179. The van der Waals surface area contributed by atoms with Gasteiger partial charge in [-0.3, -0.25) is 4.98 Å². The van der Waals surface area contributed by atoms with Gasteiger partial charge in [-0.2, -0.15) is 0 Å². The van der Waals surface area contributed by atoms with E-state index in [2.05, 4.69) is 32.8 Å². The van der Waals surface area contributed by atoms with Crippen LogP contribution in [0.25, 0.3) is 5.69 Å². The number of nitrogens with one attached hydrogen (secondary N) is 1. The Morgan fingerprint density at radius 2 is 1.78 bits per heavy atom. The zero-order valence-electron chi connectivity index (χ0n) is 20.2. The minimum absolute atomic E-state index is 0.192. The highest BCUT2D eigenvalue weighted by atomic mass is 32.1. The molecule has 0 aliphatic carbocycles. The normalized spacial score (nSPS) is 18.2. The molecule has 9 heteroatoms. The number of rotatable bonds is 5. The van der Waals surface area contributed by atoms with Gasteiger partial charge < -0.3 is 29.4 Å². The molecule has 6 rings (SSSR count). The van der Waals surface area contributed by atoms with Crippen LogP contribution < -0.4 is 19.7 Å². The van der Waals surface area contributed by atoms with Gasteiger partial charge in [0, 0.05) is 35.0 Å². The van der Waals surface area contributed by atoms with Gasteiger partial charge in [0.05, 0.1) is 23.3 Å². The largest absolute Gasteiger partial charge is 0.478 e. The predicted molar refractivity (Wildman–Crippen MR) is 143 cm³/mol. The number of nitrogens with zero attached hydrogens (tertiary/aromatic N) is 3. The molecule has 186 valence electrons. The number of benzene rings is 2. The monoisotopic (exact) mass is 512 g/mol. The molecule has 0 radical (unpaired) electrons. The first-order valence-electron chi connectivity index (χ1n) is 11.9. The second-order valence-corrected chi connectivity index (χ2v) is 9.43. The number of anilines is 1. The summed E-state index contributed by atoms with van der Waals surface area (Å²) in [6.45, 7) is 4.31. The van der Waals surface area contributed by atoms with Gasteiger partial charge >= 0.3 is 5.97 Å². The van der Waals surface area contributed by atoms with Crippen molar-refractivity contribution in [2.24, 2.45) is 0 Å². The smallest absolute Gasteiger partial charge is 0.335 e. The van der Waals surface area contributed by atoms with Crippen molar-refractivity contribution in [2.45, 2.75) is 25.9 Å². The van der Waals surface area contributed by atoms with E-state index in [1.54, 1.807) is 18.3 Å². The van der Waals surface area contributed by atoms with Crippen molar-refractivity contribution in [2.75, 3.05) is 11.7 Å². The van der Waals surface area contributed by atoms with Crippen molar-refractivity contribution in [3.05, 3.63) is 101 Å². The second-order valence-electron chi connectivity index (χ2n) is 9.05. The molecule has 2 aliphatic heterocycles. The van der Waals surface area contributed by atoms with E-state index in [9.17, 15) is 9.90 Å². The molecule has 4 heterocycles. The quantitative estimate of drug-likeness (QED) is 0.358. The van der Waals surface area contributed by atoms with E-state index < -0.39 is 5.97 Å². The van der Waals surface area contributed by atoms with Crippen LogP contribution in [0.1, 0.15) is 45.1 Å². The Morgan fingerprint density at radius 1 is 1.03 bits per heavy atom. The number of hydrogen-bond donors (Lipinski definition) is 2. The van der Waals surface area contributed by atoms with Crippen LogP contribution in [0.2, 0.25) is 0 Å². The van der Waals surface area contributed by atoms with Gasteiger partial charge in [0.1, 0.15) is 0 Å². The molecule has 0 amide bonds. The van der Waals surface area contributed by atoms with E-state index in [1.165, 1.54) is 0 Å². The molecule has 4 aromatic rings. The average molecular weight is 513 g/mol. The van der Waals surface area contributed by atoms with Crippen molar-refractivity contribution in [1.29, 1.82) is 0 Å². The molecule has 0 bridgehead atoms. The molecule has 0 saturated carbocycles. The third-order valence-corrected chi connectivity index (χ3v) is 7.21. The van der Waals surface area contributed by atoms with Crippen molar-refractivity contribution >= 4 is 29.0 Å². The molecule has 0 spiro atoms. The Labute approximate surface area is 219 Å². The summed E-state index contributed by atoms with van der Waals surface area (Å²) in [5, 5.41) is 13.4. The number of ether oxygens (including phenoxy) is 2. The Balaban J connectivity index is 1.48. The van der Waals surface area contributed by atoms with Gasteiger partial charge in [-0.25, -0.2) is 4.79 Å². The number of aromatic nitrogens is 2. The lowest BCUT2D eigenvalue weighted by Crippen LogP contribution is -2.29. The zero-order valence-corrected chi connectivity index (χ0v) is 21.0. The molecule has 2 aromatic carbocycles. The molecule has 1 fully saturated rings. The molecule has 0 unspecified atom stereocenters. The molecular weight excluding hydrogens is 488 g/mol. The molecule has 2 aliphatic rings. The number of carboxylic acid groups (broad SMARTS) is 1. The number of fused-ring (bicyclic) bond motifs is 1. The van der Waals surface area contributed by atoms with E-state index in [4.69, 9.17) is 21.7 Å². The summed E-state index contributed by atoms with van der Waals surface area (Å²) in [5.41, 5.74) is 6.06. The van der Waals surface area contributed by atoms with Crippen LogP contribution in [0.5, 0.6) is 11.5 Å². The maximum absolute atomic E-state index is 11.3. The van der Waals surface area contributed by atoms with Crippen LogP contribution in [0.4, 0.5) is 5.69 Å². The van der Waals surface area contributed by atoms with E-state index in [0.717, 1.165) is 34.0 Å². The summed E-state index contributed by atoms with van der Waals surface area (Å²) < 4.78 is 13.3. The third kappa shape index (κ3) is 3.88. The fourth-order valence-corrected chi connectivity index (χ4v) is 5.57. The summed E-state index contributed by atoms with van der Waals surface area (Å²) in [6, 6.07) is 20.4. The molecule has 37 heavy (non-hydrogen) atoms. The highest BCUT2D eigenvalue weighted by molar-refractivity contribution is 7.80. The minimum Gasteiger partial charge on any atom is -0.478 e. The average Bonchev–Trinajstić information content (AvgIpc) is 3.59. The van der Waals surface area contributed by atoms with Crippen molar-refractivity contribution < 1.29 is 19.4 Å². The molecule has 2 N–H and O–H groups in total. The number of carbonyl (C=O) groups is 1. The van der Waals surface area contributed by atoms with Gasteiger partial charge in [0.15, 0.2) is 16.6 Å². The van der Waals surface area contributed by atoms with Crippen LogP contribution in [0.3, 0.4) is 0 Å². The first-order valence-corrected chi connectivity index (χ1v) is 12.3. The predicted octanol–water partition coefficient (Wildman–Crippen LogP) is 5.09. The SMILES string of the molecule is Cc1cc([C@@H]2[C@H](c3ccccn3)NC(=S)N2c2ccc3c(c2)OCO3)c(C)n1-c1ccc(C(=O)O)cc1. The van der Waals surface area contributed by atoms with Gasteiger partial charge in [-0.1, -0.05) is 6.07 Å². The van der Waals surface area contributed by atoms with E-state index in [1.807, 2.05) is 55.5 Å². The number of pyridine rings is 1. The molecule has 2 atom stereocenters. The topological polar surface area (TPSA) is 88.9 Å². The Morgan fingerprint density at radius 3 is 2.51 bits per heavy atom. The summed E-state index contributed by atoms with van der Waals surface area (Å²) in [6.07, 6.45) is 1.79. The van der Waals surface area contributed by atoms with E-state index >= 15 is 0 Å². The van der Waals surface area contributed by atoms with Gasteiger partial charge in [0.2, 0.25) is 6.79 Å². The molecule has 2 aromatic heterocycles. The molecule has 1 saturated heterocycles. The third-order valence-electron chi connectivity index (χ3n) is 6.89. The first kappa shape index (κ1) is 23.1. The lowest BCUT2D eigenvalue weighted by atomic mass is 9.96. The maximum atomic E-state index is 11.3. The molecule has 8 nitrogen and oxygen atoms in total. The van der Waals surface area contributed by atoms with Crippen molar-refractivity contribution in [3.63, 3.8) is 0 Å². The van der Waals surface area contributed by atoms with Crippen molar-refractivity contribution in [3.8, 4) is 17.2 Å². The zero-order chi connectivity index (χ0) is 25.7. The molecular formula is C28H24N4O4S. The number of aryl methyl sites for hydroxylation is 1. The number of aromatic carboxylic acids is 1.